The van der Waals surface area contributed by atoms with Crippen molar-refractivity contribution in [1.82, 2.24) is 18.8 Å². The molecule has 0 atom stereocenters. The Hall–Kier alpha value is -3.14. The standard InChI is InChI=1S/C20H14N4/c1-4-10-16-13(7-1)19-21-14-8-2-6-12-18(14)24(19)20-22-15-9-3-5-11-17(15)23(16)20/h1,3-7,9-12H,2,8H2. The van der Waals surface area contributed by atoms with Gasteiger partial charge in [0.05, 0.1) is 27.9 Å². The Kier molecular flexibility index (Phi) is 2.17. The maximum absolute atomic E-state index is 4.96. The Morgan fingerprint density at radius 3 is 2.62 bits per heavy atom. The molecule has 0 fully saturated rings. The van der Waals surface area contributed by atoms with Crippen molar-refractivity contribution >= 4 is 39.4 Å². The Balaban J connectivity index is 2.02. The summed E-state index contributed by atoms with van der Waals surface area (Å²) in [5.74, 6) is 0.935. The zero-order chi connectivity index (χ0) is 15.7. The van der Waals surface area contributed by atoms with E-state index in [2.05, 4.69) is 63.4 Å². The van der Waals surface area contributed by atoms with E-state index < -0.39 is 0 Å². The van der Waals surface area contributed by atoms with E-state index in [1.165, 1.54) is 11.4 Å². The van der Waals surface area contributed by atoms with Gasteiger partial charge < -0.3 is 0 Å². The second-order valence-corrected chi connectivity index (χ2v) is 6.30. The number of aromatic nitrogens is 4. The van der Waals surface area contributed by atoms with E-state index in [9.17, 15) is 0 Å². The van der Waals surface area contributed by atoms with Crippen LogP contribution in [0.15, 0.2) is 54.6 Å². The third-order valence-electron chi connectivity index (χ3n) is 4.94. The van der Waals surface area contributed by atoms with E-state index in [0.717, 1.165) is 46.2 Å². The molecule has 0 radical (unpaired) electrons. The molecule has 0 N–H and O–H groups in total. The average Bonchev–Trinajstić information content (AvgIpc) is 3.20. The second-order valence-electron chi connectivity index (χ2n) is 6.30. The van der Waals surface area contributed by atoms with E-state index >= 15 is 0 Å². The quantitative estimate of drug-likeness (QED) is 0.428. The van der Waals surface area contributed by atoms with Gasteiger partial charge in [-0.05, 0) is 43.2 Å². The van der Waals surface area contributed by atoms with Crippen LogP contribution in [0, 0.1) is 0 Å². The van der Waals surface area contributed by atoms with Gasteiger partial charge in [-0.15, -0.1) is 0 Å². The molecule has 5 aromatic rings. The van der Waals surface area contributed by atoms with Gasteiger partial charge in [0.2, 0.25) is 5.78 Å². The van der Waals surface area contributed by atoms with Crippen LogP contribution in [0.1, 0.15) is 17.8 Å². The molecule has 4 heteroatoms. The fraction of sp³-hybridized carbons (Fsp3) is 0.100. The average molecular weight is 310 g/mol. The third kappa shape index (κ3) is 1.39. The van der Waals surface area contributed by atoms with Crippen LogP contribution in [0.2, 0.25) is 0 Å². The lowest BCUT2D eigenvalue weighted by Gasteiger charge is -2.08. The SMILES string of the molecule is C1=Cc2c(nc3c4ccccc4n4c5ccccc5nc4n23)CC1. The number of para-hydroxylation sites is 3. The molecule has 3 aromatic heterocycles. The number of imidazole rings is 2. The summed E-state index contributed by atoms with van der Waals surface area (Å²) in [5.41, 5.74) is 6.64. The molecule has 0 saturated heterocycles. The molecule has 24 heavy (non-hydrogen) atoms. The minimum absolute atomic E-state index is 0.935. The highest BCUT2D eigenvalue weighted by Crippen LogP contribution is 2.30. The number of aryl methyl sites for hydroxylation is 1. The second kappa shape index (κ2) is 4.23. The van der Waals surface area contributed by atoms with Gasteiger partial charge in [-0.1, -0.05) is 30.3 Å². The van der Waals surface area contributed by atoms with Gasteiger partial charge in [-0.25, -0.2) is 9.97 Å². The van der Waals surface area contributed by atoms with Crippen molar-refractivity contribution in [2.45, 2.75) is 12.8 Å². The first-order chi connectivity index (χ1) is 11.9. The zero-order valence-electron chi connectivity index (χ0n) is 13.0. The van der Waals surface area contributed by atoms with E-state index in [4.69, 9.17) is 9.97 Å². The van der Waals surface area contributed by atoms with Crippen molar-refractivity contribution in [2.24, 2.45) is 0 Å². The fourth-order valence-corrected chi connectivity index (χ4v) is 3.89. The van der Waals surface area contributed by atoms with E-state index in [1.54, 1.807) is 0 Å². The van der Waals surface area contributed by atoms with Gasteiger partial charge in [0.1, 0.15) is 5.65 Å². The van der Waals surface area contributed by atoms with Gasteiger partial charge in [0.25, 0.3) is 0 Å². The summed E-state index contributed by atoms with van der Waals surface area (Å²) < 4.78 is 4.47. The molecule has 6 rings (SSSR count). The summed E-state index contributed by atoms with van der Waals surface area (Å²) >= 11 is 0. The summed E-state index contributed by atoms with van der Waals surface area (Å²) in [6.07, 6.45) is 6.47. The molecule has 1 aliphatic carbocycles. The maximum Gasteiger partial charge on any atom is 0.221 e. The van der Waals surface area contributed by atoms with Gasteiger partial charge in [-0.3, -0.25) is 8.80 Å². The molecule has 3 heterocycles. The zero-order valence-corrected chi connectivity index (χ0v) is 13.0. The monoisotopic (exact) mass is 310 g/mol. The predicted molar refractivity (Wildman–Crippen MR) is 96.3 cm³/mol. The first-order valence-electron chi connectivity index (χ1n) is 8.27. The van der Waals surface area contributed by atoms with Crippen LogP contribution in [0.5, 0.6) is 0 Å². The summed E-state index contributed by atoms with van der Waals surface area (Å²) in [6.45, 7) is 0. The van der Waals surface area contributed by atoms with Crippen molar-refractivity contribution in [2.75, 3.05) is 0 Å². The van der Waals surface area contributed by atoms with Crippen LogP contribution in [-0.2, 0) is 6.42 Å². The van der Waals surface area contributed by atoms with Crippen LogP contribution < -0.4 is 0 Å². The minimum Gasteiger partial charge on any atom is -0.277 e. The first kappa shape index (κ1) is 12.3. The molecule has 0 bridgehead atoms. The van der Waals surface area contributed by atoms with E-state index in [1.807, 2.05) is 6.07 Å². The van der Waals surface area contributed by atoms with Gasteiger partial charge >= 0.3 is 0 Å². The lowest BCUT2D eigenvalue weighted by atomic mass is 10.1. The minimum atomic E-state index is 0.935. The largest absolute Gasteiger partial charge is 0.277 e. The van der Waals surface area contributed by atoms with Gasteiger partial charge in [0, 0.05) is 5.39 Å². The van der Waals surface area contributed by atoms with Crippen molar-refractivity contribution < 1.29 is 0 Å². The summed E-state index contributed by atoms with van der Waals surface area (Å²) in [7, 11) is 0. The highest BCUT2D eigenvalue weighted by molar-refractivity contribution is 5.98. The van der Waals surface area contributed by atoms with Crippen LogP contribution >= 0.6 is 0 Å². The lowest BCUT2D eigenvalue weighted by Crippen LogP contribution is -2.00. The molecular formula is C20H14N4. The van der Waals surface area contributed by atoms with Crippen LogP contribution in [0.25, 0.3) is 39.4 Å². The predicted octanol–water partition coefficient (Wildman–Crippen LogP) is 4.25. The van der Waals surface area contributed by atoms with Crippen molar-refractivity contribution in [3.8, 4) is 0 Å². The summed E-state index contributed by atoms with van der Waals surface area (Å²) in [5, 5.41) is 1.16. The Labute approximate surface area is 137 Å². The van der Waals surface area contributed by atoms with E-state index in [0.29, 0.717) is 0 Å². The molecule has 0 saturated carbocycles. The molecule has 0 aliphatic heterocycles. The van der Waals surface area contributed by atoms with Crippen LogP contribution in [-0.4, -0.2) is 18.8 Å². The van der Waals surface area contributed by atoms with Crippen molar-refractivity contribution in [3.05, 3.63) is 66.0 Å². The normalized spacial score (nSPS) is 14.2. The molecule has 1 aliphatic rings. The smallest absolute Gasteiger partial charge is 0.221 e. The molecule has 0 amide bonds. The molecule has 4 nitrogen and oxygen atoms in total. The van der Waals surface area contributed by atoms with Gasteiger partial charge in [0.15, 0.2) is 0 Å². The van der Waals surface area contributed by atoms with Crippen LogP contribution in [0.3, 0.4) is 0 Å². The maximum atomic E-state index is 4.96. The molecular weight excluding hydrogens is 296 g/mol. The van der Waals surface area contributed by atoms with Crippen molar-refractivity contribution in [1.29, 1.82) is 0 Å². The highest BCUT2D eigenvalue weighted by atomic mass is 15.2. The number of nitrogens with zero attached hydrogens (tertiary/aromatic N) is 4. The van der Waals surface area contributed by atoms with Crippen LogP contribution in [0.4, 0.5) is 0 Å². The van der Waals surface area contributed by atoms with Crippen molar-refractivity contribution in [3.63, 3.8) is 0 Å². The third-order valence-corrected chi connectivity index (χ3v) is 4.94. The number of rotatable bonds is 0. The molecule has 0 unspecified atom stereocenters. The van der Waals surface area contributed by atoms with E-state index in [-0.39, 0.29) is 0 Å². The molecule has 2 aromatic carbocycles. The number of benzene rings is 2. The molecule has 0 spiro atoms. The Morgan fingerprint density at radius 2 is 1.67 bits per heavy atom. The summed E-state index contributed by atoms with van der Waals surface area (Å²) in [4.78, 5) is 9.89. The first-order valence-corrected chi connectivity index (χ1v) is 8.27. The fourth-order valence-electron chi connectivity index (χ4n) is 3.89. The number of fused-ring (bicyclic) bond motifs is 10. The number of allylic oxidation sites excluding steroid dienone is 1. The molecule has 114 valence electrons. The number of hydrogen-bond acceptors (Lipinski definition) is 2. The highest BCUT2D eigenvalue weighted by Gasteiger charge is 2.20. The Morgan fingerprint density at radius 1 is 0.833 bits per heavy atom. The Bertz CT molecular complexity index is 1300. The topological polar surface area (TPSA) is 34.6 Å². The summed E-state index contributed by atoms with van der Waals surface area (Å²) in [6, 6.07) is 16.8. The van der Waals surface area contributed by atoms with Gasteiger partial charge in [-0.2, -0.15) is 0 Å². The number of hydrogen-bond donors (Lipinski definition) is 0. The lowest BCUT2D eigenvalue weighted by molar-refractivity contribution is 0.941.